The van der Waals surface area contributed by atoms with Crippen LogP contribution in [0.2, 0.25) is 0 Å². The minimum absolute atomic E-state index is 0.756. The second-order valence-electron chi connectivity index (χ2n) is 6.96. The van der Waals surface area contributed by atoms with Crippen molar-refractivity contribution in [2.24, 2.45) is 0 Å². The summed E-state index contributed by atoms with van der Waals surface area (Å²) >= 11 is 0. The van der Waals surface area contributed by atoms with E-state index in [-0.39, 0.29) is 0 Å². The normalized spacial score (nSPS) is 10.5. The third-order valence-corrected chi connectivity index (χ3v) is 4.77. The van der Waals surface area contributed by atoms with Gasteiger partial charge in [0.05, 0.1) is 0 Å². The van der Waals surface area contributed by atoms with Crippen molar-refractivity contribution in [3.05, 3.63) is 109 Å². The Bertz CT molecular complexity index is 1040. The smallest absolute Gasteiger partial charge is 0.0481 e. The molecule has 4 heteroatoms. The van der Waals surface area contributed by atoms with Crippen molar-refractivity contribution in [2.45, 2.75) is 6.54 Å². The molecule has 29 heavy (non-hydrogen) atoms. The van der Waals surface area contributed by atoms with E-state index in [1.165, 1.54) is 5.56 Å². The number of nitrogen functional groups attached to an aromatic ring is 2. The Hall–Kier alpha value is -3.92. The van der Waals surface area contributed by atoms with E-state index in [2.05, 4.69) is 70.9 Å². The van der Waals surface area contributed by atoms with Crippen LogP contribution in [0, 0.1) is 0 Å². The summed E-state index contributed by atoms with van der Waals surface area (Å²) in [5, 5.41) is 3.40. The van der Waals surface area contributed by atoms with Gasteiger partial charge in [0.15, 0.2) is 0 Å². The van der Waals surface area contributed by atoms with E-state index in [9.17, 15) is 0 Å². The Morgan fingerprint density at radius 3 is 1.55 bits per heavy atom. The summed E-state index contributed by atoms with van der Waals surface area (Å²) in [7, 11) is 0. The Kier molecular flexibility index (Phi) is 5.34. The van der Waals surface area contributed by atoms with Crippen molar-refractivity contribution in [1.82, 2.24) is 0 Å². The van der Waals surface area contributed by atoms with Gasteiger partial charge in [0.2, 0.25) is 0 Å². The first kappa shape index (κ1) is 18.4. The van der Waals surface area contributed by atoms with Gasteiger partial charge in [0.1, 0.15) is 0 Å². The van der Waals surface area contributed by atoms with Gasteiger partial charge in [-0.05, 0) is 78.4 Å². The number of nitrogens with one attached hydrogen (secondary N) is 1. The van der Waals surface area contributed by atoms with E-state index < -0.39 is 0 Å². The zero-order chi connectivity index (χ0) is 20.1. The highest BCUT2D eigenvalue weighted by Crippen LogP contribution is 2.30. The molecule has 4 nitrogen and oxygen atoms in total. The van der Waals surface area contributed by atoms with Crippen LogP contribution >= 0.6 is 0 Å². The van der Waals surface area contributed by atoms with Crippen LogP contribution in [0.25, 0.3) is 0 Å². The first-order chi connectivity index (χ1) is 14.2. The summed E-state index contributed by atoms with van der Waals surface area (Å²) in [6.07, 6.45) is 0. The number of anilines is 6. The lowest BCUT2D eigenvalue weighted by Crippen LogP contribution is -2.16. The van der Waals surface area contributed by atoms with Crippen molar-refractivity contribution < 1.29 is 0 Å². The zero-order valence-electron chi connectivity index (χ0n) is 16.1. The molecule has 4 rings (SSSR count). The molecule has 0 heterocycles. The predicted molar refractivity (Wildman–Crippen MR) is 124 cm³/mol. The van der Waals surface area contributed by atoms with Crippen LogP contribution in [0.5, 0.6) is 0 Å². The Morgan fingerprint density at radius 1 is 0.552 bits per heavy atom. The molecule has 0 unspecified atom stereocenters. The summed E-state index contributed by atoms with van der Waals surface area (Å²) in [5.74, 6) is 0. The maximum atomic E-state index is 5.89. The van der Waals surface area contributed by atoms with E-state index >= 15 is 0 Å². The van der Waals surface area contributed by atoms with Gasteiger partial charge < -0.3 is 21.7 Å². The topological polar surface area (TPSA) is 67.3 Å². The molecule has 0 fully saturated rings. The van der Waals surface area contributed by atoms with Gasteiger partial charge in [0.25, 0.3) is 0 Å². The van der Waals surface area contributed by atoms with Crippen LogP contribution in [0.4, 0.5) is 34.1 Å². The average Bonchev–Trinajstić information content (AvgIpc) is 2.76. The third-order valence-electron chi connectivity index (χ3n) is 4.77. The van der Waals surface area contributed by atoms with Gasteiger partial charge in [-0.25, -0.2) is 0 Å². The fraction of sp³-hybridized carbons (Fsp3) is 0.0400. The van der Waals surface area contributed by atoms with Crippen LogP contribution in [0.1, 0.15) is 5.56 Å². The van der Waals surface area contributed by atoms with Crippen LogP contribution in [-0.4, -0.2) is 0 Å². The molecule has 0 aromatic heterocycles. The van der Waals surface area contributed by atoms with E-state index in [4.69, 9.17) is 11.5 Å². The molecule has 0 saturated heterocycles. The number of hydrogen-bond acceptors (Lipinski definition) is 4. The summed E-state index contributed by atoms with van der Waals surface area (Å²) in [6.45, 7) is 0.773. The lowest BCUT2D eigenvalue weighted by atomic mass is 10.1. The molecule has 0 aliphatic carbocycles. The molecule has 0 saturated carbocycles. The second kappa shape index (κ2) is 8.40. The largest absolute Gasteiger partial charge is 0.399 e. The Morgan fingerprint density at radius 2 is 1.00 bits per heavy atom. The number of rotatable bonds is 6. The molecule has 0 bridgehead atoms. The van der Waals surface area contributed by atoms with E-state index in [0.717, 1.165) is 40.7 Å². The summed E-state index contributed by atoms with van der Waals surface area (Å²) in [4.78, 5) is 2.28. The standard InChI is InChI=1S/C25H24N4/c26-20-6-10-22(11-7-20)28-23-12-16-25(17-13-23)29(18-19-4-2-1-3-5-19)24-14-8-21(27)9-15-24/h1-17,28H,18,26-27H2. The summed E-state index contributed by atoms with van der Waals surface area (Å²) in [6, 6.07) is 34.6. The number of benzene rings is 4. The highest BCUT2D eigenvalue weighted by Gasteiger charge is 2.10. The van der Waals surface area contributed by atoms with Crippen LogP contribution < -0.4 is 21.7 Å². The van der Waals surface area contributed by atoms with E-state index in [0.29, 0.717) is 0 Å². The molecule has 0 aliphatic rings. The summed E-state index contributed by atoms with van der Waals surface area (Å²) < 4.78 is 0. The first-order valence-electron chi connectivity index (χ1n) is 9.57. The fourth-order valence-electron chi connectivity index (χ4n) is 3.21. The third kappa shape index (κ3) is 4.68. The maximum Gasteiger partial charge on any atom is 0.0481 e. The fourth-order valence-corrected chi connectivity index (χ4v) is 3.21. The highest BCUT2D eigenvalue weighted by molar-refractivity contribution is 5.69. The maximum absolute atomic E-state index is 5.89. The van der Waals surface area contributed by atoms with Crippen molar-refractivity contribution in [2.75, 3.05) is 21.7 Å². The lowest BCUT2D eigenvalue weighted by Gasteiger charge is -2.26. The van der Waals surface area contributed by atoms with E-state index in [1.807, 2.05) is 42.5 Å². The second-order valence-corrected chi connectivity index (χ2v) is 6.96. The first-order valence-corrected chi connectivity index (χ1v) is 9.57. The molecule has 4 aromatic rings. The molecule has 0 aliphatic heterocycles. The van der Waals surface area contributed by atoms with Crippen LogP contribution in [0.15, 0.2) is 103 Å². The minimum atomic E-state index is 0.756. The molecule has 5 N–H and O–H groups in total. The molecular formula is C25H24N4. The molecule has 0 atom stereocenters. The summed E-state index contributed by atoms with van der Waals surface area (Å²) in [5.41, 5.74) is 18.6. The monoisotopic (exact) mass is 380 g/mol. The predicted octanol–water partition coefficient (Wildman–Crippen LogP) is 5.93. The molecular weight excluding hydrogens is 356 g/mol. The minimum Gasteiger partial charge on any atom is -0.399 e. The lowest BCUT2D eigenvalue weighted by molar-refractivity contribution is 0.976. The van der Waals surface area contributed by atoms with Crippen molar-refractivity contribution in [3.8, 4) is 0 Å². The number of hydrogen-bond donors (Lipinski definition) is 3. The average molecular weight is 380 g/mol. The molecule has 144 valence electrons. The highest BCUT2D eigenvalue weighted by atomic mass is 15.1. The Labute approximate surface area is 171 Å². The molecule has 0 spiro atoms. The zero-order valence-corrected chi connectivity index (χ0v) is 16.1. The number of nitrogens with two attached hydrogens (primary N) is 2. The van der Waals surface area contributed by atoms with Gasteiger partial charge in [-0.1, -0.05) is 30.3 Å². The van der Waals surface area contributed by atoms with Crippen LogP contribution in [0.3, 0.4) is 0 Å². The van der Waals surface area contributed by atoms with Crippen molar-refractivity contribution >= 4 is 34.1 Å². The van der Waals surface area contributed by atoms with Gasteiger partial charge in [-0.2, -0.15) is 0 Å². The van der Waals surface area contributed by atoms with Crippen molar-refractivity contribution in [1.29, 1.82) is 0 Å². The van der Waals surface area contributed by atoms with Gasteiger partial charge in [0, 0.05) is 40.7 Å². The Balaban J connectivity index is 1.59. The van der Waals surface area contributed by atoms with Crippen LogP contribution in [-0.2, 0) is 6.54 Å². The van der Waals surface area contributed by atoms with Gasteiger partial charge >= 0.3 is 0 Å². The quantitative estimate of drug-likeness (QED) is 0.363. The molecule has 0 radical (unpaired) electrons. The molecule has 0 amide bonds. The number of nitrogens with zero attached hydrogens (tertiary/aromatic N) is 1. The van der Waals surface area contributed by atoms with Gasteiger partial charge in [-0.15, -0.1) is 0 Å². The van der Waals surface area contributed by atoms with Gasteiger partial charge in [-0.3, -0.25) is 0 Å². The van der Waals surface area contributed by atoms with Crippen molar-refractivity contribution in [3.63, 3.8) is 0 Å². The SMILES string of the molecule is Nc1ccc(Nc2ccc(N(Cc3ccccc3)c3ccc(N)cc3)cc2)cc1. The molecule has 4 aromatic carbocycles. The van der Waals surface area contributed by atoms with E-state index in [1.54, 1.807) is 0 Å².